The summed E-state index contributed by atoms with van der Waals surface area (Å²) in [4.78, 5) is 11.5. The fourth-order valence-electron chi connectivity index (χ4n) is 4.44. The average Bonchev–Trinajstić information content (AvgIpc) is 2.70. The van der Waals surface area contributed by atoms with E-state index in [4.69, 9.17) is 0 Å². The molecule has 0 radical (unpaired) electrons. The molecular formula is C27H54OS. The lowest BCUT2D eigenvalue weighted by molar-refractivity contribution is -0.111. The number of thiol groups is 1. The molecule has 29 heavy (non-hydrogen) atoms. The summed E-state index contributed by atoms with van der Waals surface area (Å²) in [7, 11) is 0. The van der Waals surface area contributed by atoms with E-state index in [1.807, 2.05) is 0 Å². The van der Waals surface area contributed by atoms with Crippen LogP contribution in [0.1, 0.15) is 162 Å². The molecule has 0 bridgehead atoms. The SMILES string of the molecule is CCCCCCCCCCCCC(CCCCCCCCCCCC)CC(=O)S. The number of unbranched alkanes of at least 4 members (excludes halogenated alkanes) is 18. The first-order valence-electron chi connectivity index (χ1n) is 13.4. The number of carbonyl (C=O) groups is 1. The summed E-state index contributed by atoms with van der Waals surface area (Å²) in [5.41, 5.74) is 0. The lowest BCUT2D eigenvalue weighted by atomic mass is 9.92. The van der Waals surface area contributed by atoms with Crippen LogP contribution in [0.2, 0.25) is 0 Å². The van der Waals surface area contributed by atoms with Gasteiger partial charge < -0.3 is 0 Å². The molecule has 0 atom stereocenters. The van der Waals surface area contributed by atoms with Gasteiger partial charge in [0.1, 0.15) is 0 Å². The average molecular weight is 427 g/mol. The third-order valence-electron chi connectivity index (χ3n) is 6.40. The summed E-state index contributed by atoms with van der Waals surface area (Å²) in [5, 5.41) is 0.0918. The summed E-state index contributed by atoms with van der Waals surface area (Å²) in [6, 6.07) is 0. The first kappa shape index (κ1) is 29.0. The molecule has 0 aromatic rings. The van der Waals surface area contributed by atoms with Crippen molar-refractivity contribution in [2.45, 2.75) is 162 Å². The van der Waals surface area contributed by atoms with E-state index in [-0.39, 0.29) is 5.12 Å². The van der Waals surface area contributed by atoms with E-state index in [0.717, 1.165) is 0 Å². The van der Waals surface area contributed by atoms with Gasteiger partial charge in [0.25, 0.3) is 0 Å². The molecule has 0 aliphatic carbocycles. The molecule has 0 amide bonds. The van der Waals surface area contributed by atoms with Crippen molar-refractivity contribution in [3.8, 4) is 0 Å². The van der Waals surface area contributed by atoms with Crippen LogP contribution in [0.4, 0.5) is 0 Å². The van der Waals surface area contributed by atoms with Crippen LogP contribution in [0.25, 0.3) is 0 Å². The van der Waals surface area contributed by atoms with Gasteiger partial charge in [0.15, 0.2) is 5.12 Å². The van der Waals surface area contributed by atoms with Crippen LogP contribution in [0.3, 0.4) is 0 Å². The van der Waals surface area contributed by atoms with Crippen LogP contribution in [-0.2, 0) is 4.79 Å². The molecule has 0 aliphatic rings. The van der Waals surface area contributed by atoms with Crippen molar-refractivity contribution in [1.82, 2.24) is 0 Å². The first-order valence-corrected chi connectivity index (χ1v) is 13.9. The Kier molecular flexibility index (Phi) is 24.3. The van der Waals surface area contributed by atoms with Gasteiger partial charge in [0, 0.05) is 6.42 Å². The normalized spacial score (nSPS) is 11.4. The molecule has 0 N–H and O–H groups in total. The number of carbonyl (C=O) groups excluding carboxylic acids is 1. The summed E-state index contributed by atoms with van der Waals surface area (Å²) in [6.45, 7) is 4.57. The predicted octanol–water partition coefficient (Wildman–Crippen LogP) is 10.1. The Morgan fingerprint density at radius 1 is 0.517 bits per heavy atom. The fourth-order valence-corrected chi connectivity index (χ4v) is 4.69. The Labute approximate surface area is 190 Å². The summed E-state index contributed by atoms with van der Waals surface area (Å²) < 4.78 is 0. The maximum Gasteiger partial charge on any atom is 0.186 e. The van der Waals surface area contributed by atoms with Gasteiger partial charge in [-0.05, 0) is 18.8 Å². The molecule has 0 saturated carbocycles. The molecular weight excluding hydrogens is 372 g/mol. The second-order valence-electron chi connectivity index (χ2n) is 9.41. The molecule has 0 aromatic heterocycles. The zero-order valence-corrected chi connectivity index (χ0v) is 21.1. The monoisotopic (exact) mass is 426 g/mol. The topological polar surface area (TPSA) is 17.1 Å². The van der Waals surface area contributed by atoms with Crippen LogP contribution in [-0.4, -0.2) is 5.12 Å². The van der Waals surface area contributed by atoms with Crippen molar-refractivity contribution in [3.05, 3.63) is 0 Å². The quantitative estimate of drug-likeness (QED) is 0.120. The zero-order chi connectivity index (χ0) is 21.4. The van der Waals surface area contributed by atoms with E-state index in [1.54, 1.807) is 0 Å². The highest BCUT2D eigenvalue weighted by Gasteiger charge is 2.11. The van der Waals surface area contributed by atoms with Gasteiger partial charge in [-0.25, -0.2) is 0 Å². The summed E-state index contributed by atoms with van der Waals surface area (Å²) >= 11 is 4.05. The summed E-state index contributed by atoms with van der Waals surface area (Å²) in [5.74, 6) is 0.586. The van der Waals surface area contributed by atoms with Gasteiger partial charge in [-0.1, -0.05) is 142 Å². The Balaban J connectivity index is 3.56. The first-order chi connectivity index (χ1) is 14.2. The van der Waals surface area contributed by atoms with E-state index in [0.29, 0.717) is 12.3 Å². The highest BCUT2D eigenvalue weighted by molar-refractivity contribution is 7.96. The third kappa shape index (κ3) is 24.2. The van der Waals surface area contributed by atoms with Crippen molar-refractivity contribution in [2.24, 2.45) is 5.92 Å². The fraction of sp³-hybridized carbons (Fsp3) is 0.963. The zero-order valence-electron chi connectivity index (χ0n) is 20.2. The lowest BCUT2D eigenvalue weighted by Gasteiger charge is -2.15. The Hall–Kier alpha value is 0.0200. The van der Waals surface area contributed by atoms with Crippen molar-refractivity contribution >= 4 is 17.7 Å². The van der Waals surface area contributed by atoms with Gasteiger partial charge in [-0.2, -0.15) is 0 Å². The van der Waals surface area contributed by atoms with Crippen LogP contribution in [0.5, 0.6) is 0 Å². The number of hydrogen-bond acceptors (Lipinski definition) is 1. The number of hydrogen-bond donors (Lipinski definition) is 1. The van der Waals surface area contributed by atoms with Crippen molar-refractivity contribution in [2.75, 3.05) is 0 Å². The van der Waals surface area contributed by atoms with Crippen LogP contribution in [0.15, 0.2) is 0 Å². The molecule has 0 heterocycles. The van der Waals surface area contributed by atoms with Crippen molar-refractivity contribution < 1.29 is 4.79 Å². The van der Waals surface area contributed by atoms with Gasteiger partial charge in [0.05, 0.1) is 0 Å². The van der Waals surface area contributed by atoms with E-state index < -0.39 is 0 Å². The van der Waals surface area contributed by atoms with Gasteiger partial charge >= 0.3 is 0 Å². The second kappa shape index (κ2) is 24.3. The molecule has 1 nitrogen and oxygen atoms in total. The largest absolute Gasteiger partial charge is 0.287 e. The molecule has 0 aliphatic heterocycles. The molecule has 0 unspecified atom stereocenters. The Bertz CT molecular complexity index is 304. The van der Waals surface area contributed by atoms with E-state index in [1.165, 1.54) is 141 Å². The standard InChI is InChI=1S/C27H54OS/c1-3-5-7-9-11-13-15-17-19-21-23-26(25-27(28)29)24-22-20-18-16-14-12-10-8-6-4-2/h26H,3-25H2,1-2H3,(H,28,29). The number of rotatable bonds is 24. The van der Waals surface area contributed by atoms with Gasteiger partial charge in [-0.3, -0.25) is 4.79 Å². The molecule has 0 rings (SSSR count). The summed E-state index contributed by atoms with van der Waals surface area (Å²) in [6.07, 6.45) is 30.9. The van der Waals surface area contributed by atoms with Crippen LogP contribution >= 0.6 is 12.6 Å². The minimum absolute atomic E-state index is 0.0918. The van der Waals surface area contributed by atoms with Gasteiger partial charge in [0.2, 0.25) is 0 Å². The van der Waals surface area contributed by atoms with Crippen molar-refractivity contribution in [1.29, 1.82) is 0 Å². The van der Waals surface area contributed by atoms with Gasteiger partial charge in [-0.15, -0.1) is 12.6 Å². The predicted molar refractivity (Wildman–Crippen MR) is 135 cm³/mol. The highest BCUT2D eigenvalue weighted by atomic mass is 32.1. The minimum atomic E-state index is 0.0918. The molecule has 2 heteroatoms. The Morgan fingerprint density at radius 2 is 0.793 bits per heavy atom. The maximum absolute atomic E-state index is 11.5. The van der Waals surface area contributed by atoms with Crippen LogP contribution < -0.4 is 0 Å². The van der Waals surface area contributed by atoms with E-state index in [9.17, 15) is 4.79 Å². The second-order valence-corrected chi connectivity index (χ2v) is 9.90. The van der Waals surface area contributed by atoms with E-state index >= 15 is 0 Å². The maximum atomic E-state index is 11.5. The molecule has 0 saturated heterocycles. The van der Waals surface area contributed by atoms with Crippen molar-refractivity contribution in [3.63, 3.8) is 0 Å². The third-order valence-corrected chi connectivity index (χ3v) is 6.58. The molecule has 0 spiro atoms. The van der Waals surface area contributed by atoms with E-state index in [2.05, 4.69) is 26.5 Å². The molecule has 0 fully saturated rings. The lowest BCUT2D eigenvalue weighted by Crippen LogP contribution is -2.05. The molecule has 174 valence electrons. The highest BCUT2D eigenvalue weighted by Crippen LogP contribution is 2.23. The van der Waals surface area contributed by atoms with Crippen LogP contribution in [0, 0.1) is 5.92 Å². The smallest absolute Gasteiger partial charge is 0.186 e. The Morgan fingerprint density at radius 3 is 1.07 bits per heavy atom. The minimum Gasteiger partial charge on any atom is -0.287 e. The molecule has 0 aromatic carbocycles.